The number of rotatable bonds is 5. The first kappa shape index (κ1) is 15.2. The van der Waals surface area contributed by atoms with Crippen LogP contribution in [0, 0.1) is 0 Å². The molecule has 0 radical (unpaired) electrons. The van der Waals surface area contributed by atoms with E-state index >= 15 is 0 Å². The molecular formula is C15H20N4O2. The normalized spacial score (nSPS) is 11.7. The van der Waals surface area contributed by atoms with E-state index in [0.29, 0.717) is 12.4 Å². The summed E-state index contributed by atoms with van der Waals surface area (Å²) in [6.45, 7) is 4.09. The second-order valence-electron chi connectivity index (χ2n) is 5.35. The first-order valence-electron chi connectivity index (χ1n) is 6.70. The van der Waals surface area contributed by atoms with Crippen LogP contribution in [0.15, 0.2) is 36.7 Å². The molecule has 6 nitrogen and oxygen atoms in total. The number of methoxy groups -OCH3 is 1. The second kappa shape index (κ2) is 6.05. The largest absolute Gasteiger partial charge is 0.468 e. The van der Waals surface area contributed by atoms with E-state index in [1.807, 2.05) is 56.1 Å². The lowest BCUT2D eigenvalue weighted by atomic mass is 10.0. The van der Waals surface area contributed by atoms with Crippen molar-refractivity contribution in [3.8, 4) is 5.69 Å². The topological polar surface area (TPSA) is 60.2 Å². The van der Waals surface area contributed by atoms with Gasteiger partial charge in [0.2, 0.25) is 0 Å². The van der Waals surface area contributed by atoms with Crippen molar-refractivity contribution in [2.45, 2.75) is 25.9 Å². The smallest absolute Gasteiger partial charge is 0.325 e. The minimum Gasteiger partial charge on any atom is -0.468 e. The van der Waals surface area contributed by atoms with Crippen molar-refractivity contribution < 1.29 is 9.53 Å². The fourth-order valence-corrected chi connectivity index (χ4v) is 1.89. The fourth-order valence-electron chi connectivity index (χ4n) is 1.89. The van der Waals surface area contributed by atoms with Crippen LogP contribution in [0.4, 0.5) is 0 Å². The van der Waals surface area contributed by atoms with E-state index in [2.05, 4.69) is 10.1 Å². The highest BCUT2D eigenvalue weighted by molar-refractivity contribution is 5.79. The van der Waals surface area contributed by atoms with Crippen molar-refractivity contribution in [1.29, 1.82) is 0 Å². The van der Waals surface area contributed by atoms with Gasteiger partial charge in [0.1, 0.15) is 11.9 Å². The molecule has 21 heavy (non-hydrogen) atoms. The zero-order valence-electron chi connectivity index (χ0n) is 12.8. The van der Waals surface area contributed by atoms with Gasteiger partial charge < -0.3 is 4.74 Å². The number of benzene rings is 1. The maximum atomic E-state index is 11.8. The van der Waals surface area contributed by atoms with E-state index in [9.17, 15) is 4.79 Å². The van der Waals surface area contributed by atoms with Gasteiger partial charge in [-0.1, -0.05) is 18.2 Å². The molecular weight excluding hydrogens is 268 g/mol. The third-order valence-electron chi connectivity index (χ3n) is 3.58. The van der Waals surface area contributed by atoms with Gasteiger partial charge in [-0.25, -0.2) is 9.67 Å². The van der Waals surface area contributed by atoms with Gasteiger partial charge in [0, 0.05) is 0 Å². The van der Waals surface area contributed by atoms with Gasteiger partial charge in [-0.15, -0.1) is 5.10 Å². The summed E-state index contributed by atoms with van der Waals surface area (Å²) in [5.74, 6) is 0.367. The Morgan fingerprint density at radius 3 is 2.62 bits per heavy atom. The van der Waals surface area contributed by atoms with Crippen molar-refractivity contribution in [3.63, 3.8) is 0 Å². The first-order valence-corrected chi connectivity index (χ1v) is 6.70. The molecule has 1 aromatic heterocycles. The predicted molar refractivity (Wildman–Crippen MR) is 78.9 cm³/mol. The van der Waals surface area contributed by atoms with E-state index < -0.39 is 5.54 Å². The molecule has 0 spiro atoms. The number of hydrogen-bond donors (Lipinski definition) is 0. The maximum Gasteiger partial charge on any atom is 0.325 e. The summed E-state index contributed by atoms with van der Waals surface area (Å²) in [7, 11) is 3.24. The zero-order chi connectivity index (χ0) is 15.5. The minimum absolute atomic E-state index is 0.285. The van der Waals surface area contributed by atoms with Crippen LogP contribution in [-0.2, 0) is 16.1 Å². The Balaban J connectivity index is 2.11. The minimum atomic E-state index is -0.729. The van der Waals surface area contributed by atoms with E-state index in [-0.39, 0.29) is 5.97 Å². The molecule has 2 rings (SSSR count). The number of nitrogens with zero attached hydrogens (tertiary/aromatic N) is 4. The van der Waals surface area contributed by atoms with Crippen LogP contribution in [0.1, 0.15) is 19.7 Å². The Morgan fingerprint density at radius 2 is 2.00 bits per heavy atom. The average Bonchev–Trinajstić information content (AvgIpc) is 2.95. The highest BCUT2D eigenvalue weighted by Gasteiger charge is 2.33. The van der Waals surface area contributed by atoms with Crippen LogP contribution in [0.2, 0.25) is 0 Å². The summed E-state index contributed by atoms with van der Waals surface area (Å²) >= 11 is 0. The van der Waals surface area contributed by atoms with Crippen molar-refractivity contribution in [2.75, 3.05) is 14.2 Å². The molecule has 0 aliphatic rings. The van der Waals surface area contributed by atoms with Crippen LogP contribution < -0.4 is 0 Å². The molecule has 0 fully saturated rings. The quantitative estimate of drug-likeness (QED) is 0.783. The third kappa shape index (κ3) is 3.28. The van der Waals surface area contributed by atoms with Gasteiger partial charge in [0.25, 0.3) is 0 Å². The van der Waals surface area contributed by atoms with Gasteiger partial charge in [0.05, 0.1) is 19.3 Å². The Bertz CT molecular complexity index is 607. The maximum absolute atomic E-state index is 11.8. The number of likely N-dealkylation sites (N-methyl/N-ethyl adjacent to an activating group) is 1. The van der Waals surface area contributed by atoms with E-state index in [4.69, 9.17) is 4.74 Å². The monoisotopic (exact) mass is 288 g/mol. The molecule has 1 aromatic carbocycles. The standard InChI is InChI=1S/C15H20N4O2/c1-15(2,14(20)21-4)18(3)10-13-16-11-19(17-13)12-8-6-5-7-9-12/h5-9,11H,10H2,1-4H3. The first-order chi connectivity index (χ1) is 9.95. The molecule has 1 heterocycles. The lowest BCUT2D eigenvalue weighted by Crippen LogP contribution is -2.48. The Morgan fingerprint density at radius 1 is 1.33 bits per heavy atom. The van der Waals surface area contributed by atoms with E-state index in [1.165, 1.54) is 7.11 Å². The van der Waals surface area contributed by atoms with Gasteiger partial charge in [-0.05, 0) is 33.0 Å². The predicted octanol–water partition coefficient (Wildman–Crippen LogP) is 1.65. The molecule has 0 N–H and O–H groups in total. The Labute approximate surface area is 124 Å². The summed E-state index contributed by atoms with van der Waals surface area (Å²) < 4.78 is 6.54. The summed E-state index contributed by atoms with van der Waals surface area (Å²) in [5, 5.41) is 4.43. The summed E-state index contributed by atoms with van der Waals surface area (Å²) in [6.07, 6.45) is 1.67. The van der Waals surface area contributed by atoms with E-state index in [0.717, 1.165) is 5.69 Å². The SMILES string of the molecule is COC(=O)C(C)(C)N(C)Cc1ncn(-c2ccccc2)n1. The summed E-state index contributed by atoms with van der Waals surface area (Å²) in [6, 6.07) is 9.77. The Kier molecular flexibility index (Phi) is 4.37. The molecule has 6 heteroatoms. The van der Waals surface area contributed by atoms with Gasteiger partial charge in [-0.3, -0.25) is 9.69 Å². The van der Waals surface area contributed by atoms with Crippen molar-refractivity contribution in [3.05, 3.63) is 42.5 Å². The number of carbonyl (C=O) groups excluding carboxylic acids is 1. The molecule has 112 valence electrons. The number of aromatic nitrogens is 3. The van der Waals surface area contributed by atoms with Gasteiger partial charge >= 0.3 is 5.97 Å². The highest BCUT2D eigenvalue weighted by Crippen LogP contribution is 2.16. The molecule has 0 atom stereocenters. The summed E-state index contributed by atoms with van der Waals surface area (Å²) in [4.78, 5) is 17.9. The average molecular weight is 288 g/mol. The number of carbonyl (C=O) groups is 1. The van der Waals surface area contributed by atoms with Crippen LogP contribution >= 0.6 is 0 Å². The van der Waals surface area contributed by atoms with Crippen molar-refractivity contribution >= 4 is 5.97 Å². The molecule has 0 aliphatic carbocycles. The fraction of sp³-hybridized carbons (Fsp3) is 0.400. The summed E-state index contributed by atoms with van der Waals surface area (Å²) in [5.41, 5.74) is 0.221. The second-order valence-corrected chi connectivity index (χ2v) is 5.35. The third-order valence-corrected chi connectivity index (χ3v) is 3.58. The number of ether oxygens (including phenoxy) is 1. The zero-order valence-corrected chi connectivity index (χ0v) is 12.8. The molecule has 0 saturated heterocycles. The lowest BCUT2D eigenvalue weighted by Gasteiger charge is -2.31. The van der Waals surface area contributed by atoms with E-state index in [1.54, 1.807) is 11.0 Å². The molecule has 0 amide bonds. The number of esters is 1. The van der Waals surface area contributed by atoms with Crippen molar-refractivity contribution in [1.82, 2.24) is 19.7 Å². The van der Waals surface area contributed by atoms with Gasteiger partial charge in [0.15, 0.2) is 5.82 Å². The number of hydrogen-bond acceptors (Lipinski definition) is 5. The van der Waals surface area contributed by atoms with Crippen LogP contribution in [0.3, 0.4) is 0 Å². The van der Waals surface area contributed by atoms with Crippen molar-refractivity contribution in [2.24, 2.45) is 0 Å². The highest BCUT2D eigenvalue weighted by atomic mass is 16.5. The molecule has 0 aliphatic heterocycles. The number of para-hydroxylation sites is 1. The molecule has 2 aromatic rings. The Hall–Kier alpha value is -2.21. The van der Waals surface area contributed by atoms with Crippen LogP contribution in [0.5, 0.6) is 0 Å². The molecule has 0 bridgehead atoms. The lowest BCUT2D eigenvalue weighted by molar-refractivity contribution is -0.152. The molecule has 0 unspecified atom stereocenters. The van der Waals surface area contributed by atoms with Crippen LogP contribution in [0.25, 0.3) is 5.69 Å². The molecule has 0 saturated carbocycles. The van der Waals surface area contributed by atoms with Gasteiger partial charge in [-0.2, -0.15) is 0 Å². The van der Waals surface area contributed by atoms with Crippen LogP contribution in [-0.4, -0.2) is 45.3 Å².